The first-order valence-corrected chi connectivity index (χ1v) is 9.14. The Balaban J connectivity index is 1.90. The Morgan fingerprint density at radius 2 is 1.81 bits per heavy atom. The highest BCUT2D eigenvalue weighted by Gasteiger charge is 2.19. The Kier molecular flexibility index (Phi) is 7.25. The third-order valence-corrected chi connectivity index (χ3v) is 4.26. The summed E-state index contributed by atoms with van der Waals surface area (Å²) in [4.78, 5) is 24.3. The molecule has 0 fully saturated rings. The van der Waals surface area contributed by atoms with Crippen molar-refractivity contribution in [1.29, 1.82) is 0 Å². The van der Waals surface area contributed by atoms with Gasteiger partial charge in [-0.25, -0.2) is 4.79 Å². The van der Waals surface area contributed by atoms with Gasteiger partial charge in [0, 0.05) is 10.7 Å². The smallest absolute Gasteiger partial charge is 0.344 e. The second-order valence-electron chi connectivity index (χ2n) is 6.56. The van der Waals surface area contributed by atoms with E-state index in [0.717, 1.165) is 11.1 Å². The average molecular weight is 390 g/mol. The van der Waals surface area contributed by atoms with Gasteiger partial charge in [-0.05, 0) is 49.1 Å². The van der Waals surface area contributed by atoms with Crippen molar-refractivity contribution >= 4 is 29.2 Å². The fourth-order valence-corrected chi connectivity index (χ4v) is 2.65. The zero-order valence-electron chi connectivity index (χ0n) is 15.9. The van der Waals surface area contributed by atoms with Crippen molar-refractivity contribution in [2.75, 3.05) is 11.9 Å². The summed E-state index contributed by atoms with van der Waals surface area (Å²) in [6, 6.07) is 12.7. The molecule has 1 N–H and O–H groups in total. The molecule has 0 radical (unpaired) electrons. The van der Waals surface area contributed by atoms with Crippen molar-refractivity contribution in [2.24, 2.45) is 0 Å². The molecule has 0 bridgehead atoms. The minimum absolute atomic E-state index is 0.266. The molecule has 144 valence electrons. The van der Waals surface area contributed by atoms with E-state index in [2.05, 4.69) is 5.32 Å². The van der Waals surface area contributed by atoms with Crippen LogP contribution in [0.2, 0.25) is 5.02 Å². The van der Waals surface area contributed by atoms with E-state index in [1.54, 1.807) is 24.3 Å². The van der Waals surface area contributed by atoms with E-state index >= 15 is 0 Å². The molecular formula is C21H24ClNO4. The van der Waals surface area contributed by atoms with Crippen LogP contribution < -0.4 is 10.1 Å². The Morgan fingerprint density at radius 3 is 2.52 bits per heavy atom. The molecule has 0 heterocycles. The number of nitrogens with one attached hydrogen (secondary N) is 1. The van der Waals surface area contributed by atoms with Crippen LogP contribution in [0.5, 0.6) is 5.75 Å². The van der Waals surface area contributed by atoms with Gasteiger partial charge in [-0.2, -0.15) is 0 Å². The summed E-state index contributed by atoms with van der Waals surface area (Å²) in [7, 11) is 0. The summed E-state index contributed by atoms with van der Waals surface area (Å²) in [5.74, 6) is -0.144. The molecule has 1 amide bonds. The number of amides is 1. The van der Waals surface area contributed by atoms with Crippen LogP contribution in [0, 0.1) is 6.92 Å². The molecule has 0 spiro atoms. The molecule has 5 nitrogen and oxygen atoms in total. The Morgan fingerprint density at radius 1 is 1.11 bits per heavy atom. The third kappa shape index (κ3) is 6.00. The number of halogens is 1. The van der Waals surface area contributed by atoms with Crippen LogP contribution >= 0.6 is 11.6 Å². The van der Waals surface area contributed by atoms with Crippen LogP contribution in [0.25, 0.3) is 0 Å². The minimum atomic E-state index is -0.958. The number of ether oxygens (including phenoxy) is 2. The largest absolute Gasteiger partial charge is 0.482 e. The van der Waals surface area contributed by atoms with Gasteiger partial charge in [-0.3, -0.25) is 4.79 Å². The maximum absolute atomic E-state index is 12.3. The van der Waals surface area contributed by atoms with Crippen LogP contribution in [0.3, 0.4) is 0 Å². The first-order chi connectivity index (χ1) is 12.8. The topological polar surface area (TPSA) is 64.6 Å². The average Bonchev–Trinajstić information content (AvgIpc) is 2.63. The molecule has 2 aromatic carbocycles. The van der Waals surface area contributed by atoms with Crippen molar-refractivity contribution < 1.29 is 19.1 Å². The summed E-state index contributed by atoms with van der Waals surface area (Å²) in [6.07, 6.45) is -0.958. The number of carbonyl (C=O) groups is 2. The number of benzene rings is 2. The number of rotatable bonds is 7. The number of para-hydroxylation sites is 1. The highest BCUT2D eigenvalue weighted by Crippen LogP contribution is 2.25. The van der Waals surface area contributed by atoms with Gasteiger partial charge < -0.3 is 14.8 Å². The Bertz CT molecular complexity index is 820. The quantitative estimate of drug-likeness (QED) is 0.696. The predicted molar refractivity (Wildman–Crippen MR) is 106 cm³/mol. The van der Waals surface area contributed by atoms with E-state index in [0.29, 0.717) is 16.5 Å². The number of hydrogen-bond acceptors (Lipinski definition) is 4. The van der Waals surface area contributed by atoms with Gasteiger partial charge in [-0.15, -0.1) is 0 Å². The van der Waals surface area contributed by atoms with Crippen LogP contribution in [0.15, 0.2) is 42.5 Å². The van der Waals surface area contributed by atoms with E-state index in [4.69, 9.17) is 21.1 Å². The minimum Gasteiger partial charge on any atom is -0.482 e. The van der Waals surface area contributed by atoms with Gasteiger partial charge in [0.05, 0.1) is 0 Å². The molecule has 0 aliphatic carbocycles. The molecular weight excluding hydrogens is 366 g/mol. The van der Waals surface area contributed by atoms with E-state index in [1.807, 2.05) is 39.0 Å². The summed E-state index contributed by atoms with van der Waals surface area (Å²) in [5.41, 5.74) is 2.45. The van der Waals surface area contributed by atoms with E-state index < -0.39 is 18.0 Å². The van der Waals surface area contributed by atoms with Gasteiger partial charge in [-0.1, -0.05) is 49.7 Å². The van der Waals surface area contributed by atoms with Crippen molar-refractivity contribution in [3.63, 3.8) is 0 Å². The molecule has 2 aromatic rings. The van der Waals surface area contributed by atoms with Gasteiger partial charge in [0.25, 0.3) is 5.91 Å². The van der Waals surface area contributed by atoms with Gasteiger partial charge in [0.2, 0.25) is 0 Å². The van der Waals surface area contributed by atoms with Crippen LogP contribution in [-0.4, -0.2) is 24.6 Å². The lowest BCUT2D eigenvalue weighted by molar-refractivity contribution is -0.155. The SMILES string of the molecule is Cc1ccc(Cl)cc1NC(=O)[C@@H](C)OC(=O)COc1ccccc1C(C)C. The zero-order valence-corrected chi connectivity index (χ0v) is 16.7. The normalized spacial score (nSPS) is 11.8. The Hall–Kier alpha value is -2.53. The monoisotopic (exact) mass is 389 g/mol. The second-order valence-corrected chi connectivity index (χ2v) is 7.00. The van der Waals surface area contributed by atoms with E-state index in [-0.39, 0.29) is 12.5 Å². The molecule has 2 rings (SSSR count). The fourth-order valence-electron chi connectivity index (χ4n) is 2.47. The number of anilines is 1. The third-order valence-electron chi connectivity index (χ3n) is 4.02. The molecule has 0 saturated heterocycles. The molecule has 0 aromatic heterocycles. The zero-order chi connectivity index (χ0) is 20.0. The molecule has 0 unspecified atom stereocenters. The van der Waals surface area contributed by atoms with Crippen molar-refractivity contribution in [3.05, 3.63) is 58.6 Å². The summed E-state index contributed by atoms with van der Waals surface area (Å²) >= 11 is 5.95. The molecule has 0 saturated carbocycles. The van der Waals surface area contributed by atoms with Crippen molar-refractivity contribution in [1.82, 2.24) is 0 Å². The molecule has 1 atom stereocenters. The van der Waals surface area contributed by atoms with Crippen LogP contribution in [0.4, 0.5) is 5.69 Å². The number of hydrogen-bond donors (Lipinski definition) is 1. The molecule has 0 aliphatic heterocycles. The van der Waals surface area contributed by atoms with E-state index in [1.165, 1.54) is 6.92 Å². The first-order valence-electron chi connectivity index (χ1n) is 8.76. The summed E-state index contributed by atoms with van der Waals surface area (Å²) in [5, 5.41) is 3.22. The fraction of sp³-hybridized carbons (Fsp3) is 0.333. The lowest BCUT2D eigenvalue weighted by Crippen LogP contribution is -2.32. The standard InChI is InChI=1S/C21H24ClNO4/c1-13(2)17-7-5-6-8-19(17)26-12-20(24)27-15(4)21(25)23-18-11-16(22)10-9-14(18)3/h5-11,13,15H,12H2,1-4H3,(H,23,25)/t15-/m1/s1. The van der Waals surface area contributed by atoms with Crippen molar-refractivity contribution in [3.8, 4) is 5.75 Å². The van der Waals surface area contributed by atoms with Crippen molar-refractivity contribution in [2.45, 2.75) is 39.7 Å². The highest BCUT2D eigenvalue weighted by atomic mass is 35.5. The first kappa shape index (κ1) is 20.8. The lowest BCUT2D eigenvalue weighted by Gasteiger charge is -2.16. The van der Waals surface area contributed by atoms with E-state index in [9.17, 15) is 9.59 Å². The number of esters is 1. The molecule has 27 heavy (non-hydrogen) atoms. The highest BCUT2D eigenvalue weighted by molar-refractivity contribution is 6.31. The maximum atomic E-state index is 12.3. The molecule has 0 aliphatic rings. The van der Waals surface area contributed by atoms with Crippen LogP contribution in [-0.2, 0) is 14.3 Å². The van der Waals surface area contributed by atoms with Gasteiger partial charge in [0.15, 0.2) is 12.7 Å². The van der Waals surface area contributed by atoms with Crippen LogP contribution in [0.1, 0.15) is 37.8 Å². The van der Waals surface area contributed by atoms with Gasteiger partial charge in [0.1, 0.15) is 5.75 Å². The lowest BCUT2D eigenvalue weighted by atomic mass is 10.0. The number of carbonyl (C=O) groups excluding carboxylic acids is 2. The predicted octanol–water partition coefficient (Wildman–Crippen LogP) is 4.72. The maximum Gasteiger partial charge on any atom is 0.344 e. The summed E-state index contributed by atoms with van der Waals surface area (Å²) < 4.78 is 10.7. The second kappa shape index (κ2) is 9.42. The number of aryl methyl sites for hydroxylation is 1. The Labute approximate surface area is 164 Å². The van der Waals surface area contributed by atoms with Gasteiger partial charge >= 0.3 is 5.97 Å². The summed E-state index contributed by atoms with van der Waals surface area (Å²) in [6.45, 7) is 7.19. The molecule has 6 heteroatoms.